The molecule has 1 amide bonds. The van der Waals surface area contributed by atoms with Crippen LogP contribution in [0.5, 0.6) is 0 Å². The van der Waals surface area contributed by atoms with Crippen LogP contribution in [0.25, 0.3) is 0 Å². The molecule has 9 heteroatoms. The zero-order valence-corrected chi connectivity index (χ0v) is 13.4. The van der Waals surface area contributed by atoms with Crippen LogP contribution in [0.15, 0.2) is 0 Å². The van der Waals surface area contributed by atoms with Crippen LogP contribution in [0.2, 0.25) is 0 Å². The maximum absolute atomic E-state index is 12.5. The summed E-state index contributed by atoms with van der Waals surface area (Å²) in [7, 11) is -1.04. The monoisotopic (exact) mass is 321 g/mol. The predicted octanol–water partition coefficient (Wildman–Crippen LogP) is -0.516. The molecule has 0 aromatic carbocycles. The van der Waals surface area contributed by atoms with Crippen LogP contribution in [-0.4, -0.2) is 67.2 Å². The van der Waals surface area contributed by atoms with Gasteiger partial charge in [0.05, 0.1) is 0 Å². The summed E-state index contributed by atoms with van der Waals surface area (Å²) in [5, 5.41) is 11.6. The first-order valence-electron chi connectivity index (χ1n) is 6.89. The first kappa shape index (κ1) is 17.9. The molecule has 0 bridgehead atoms. The van der Waals surface area contributed by atoms with Gasteiger partial charge in [0, 0.05) is 33.1 Å². The summed E-state index contributed by atoms with van der Waals surface area (Å²) in [5.41, 5.74) is 0. The van der Waals surface area contributed by atoms with Gasteiger partial charge in [-0.1, -0.05) is 6.92 Å². The molecule has 0 aliphatic carbocycles. The lowest BCUT2D eigenvalue weighted by Gasteiger charge is -2.35. The van der Waals surface area contributed by atoms with Gasteiger partial charge < -0.3 is 10.4 Å². The largest absolute Gasteiger partial charge is 0.480 e. The fraction of sp³-hybridized carbons (Fsp3) is 0.833. The number of piperidine rings is 1. The third-order valence-electron chi connectivity index (χ3n) is 3.65. The zero-order chi connectivity index (χ0) is 16.2. The van der Waals surface area contributed by atoms with Crippen molar-refractivity contribution in [2.45, 2.75) is 32.2 Å². The minimum Gasteiger partial charge on any atom is -0.480 e. The molecule has 8 nitrogen and oxygen atoms in total. The maximum Gasteiger partial charge on any atom is 0.322 e. The topological polar surface area (TPSA) is 107 Å². The summed E-state index contributed by atoms with van der Waals surface area (Å²) in [6.45, 7) is 1.82. The van der Waals surface area contributed by atoms with Crippen molar-refractivity contribution in [1.29, 1.82) is 0 Å². The third-order valence-corrected chi connectivity index (χ3v) is 5.62. The highest BCUT2D eigenvalue weighted by molar-refractivity contribution is 7.86. The number of carbonyl (C=O) groups excluding carboxylic acids is 1. The zero-order valence-electron chi connectivity index (χ0n) is 12.6. The van der Waals surface area contributed by atoms with Crippen LogP contribution in [0.3, 0.4) is 0 Å². The average molecular weight is 321 g/mol. The molecule has 1 fully saturated rings. The number of nitrogens with one attached hydrogen (secondary N) is 1. The summed E-state index contributed by atoms with van der Waals surface area (Å²) in [6.07, 6.45) is 1.65. The van der Waals surface area contributed by atoms with Gasteiger partial charge in [0.15, 0.2) is 0 Å². The van der Waals surface area contributed by atoms with Gasteiger partial charge in [-0.05, 0) is 19.3 Å². The Balaban J connectivity index is 2.87. The van der Waals surface area contributed by atoms with E-state index in [0.717, 1.165) is 8.61 Å². The molecule has 21 heavy (non-hydrogen) atoms. The van der Waals surface area contributed by atoms with Crippen LogP contribution >= 0.6 is 0 Å². The van der Waals surface area contributed by atoms with Crippen molar-refractivity contribution >= 4 is 22.1 Å². The lowest BCUT2D eigenvalue weighted by molar-refractivity contribution is -0.142. The smallest absolute Gasteiger partial charge is 0.322 e. The number of carboxylic acids is 1. The van der Waals surface area contributed by atoms with Crippen LogP contribution in [0, 0.1) is 5.92 Å². The van der Waals surface area contributed by atoms with Crippen LogP contribution in [0.4, 0.5) is 0 Å². The van der Waals surface area contributed by atoms with Crippen molar-refractivity contribution in [1.82, 2.24) is 13.9 Å². The highest BCUT2D eigenvalue weighted by Gasteiger charge is 2.39. The van der Waals surface area contributed by atoms with Gasteiger partial charge in [0.25, 0.3) is 10.2 Å². The Morgan fingerprint density at radius 1 is 1.43 bits per heavy atom. The number of amides is 1. The Hall–Kier alpha value is -1.19. The number of hydrogen-bond acceptors (Lipinski definition) is 4. The lowest BCUT2D eigenvalue weighted by Crippen LogP contribution is -2.53. The van der Waals surface area contributed by atoms with Crippen LogP contribution in [0.1, 0.15) is 26.2 Å². The van der Waals surface area contributed by atoms with E-state index in [0.29, 0.717) is 19.3 Å². The van der Waals surface area contributed by atoms with Gasteiger partial charge in [-0.25, -0.2) is 0 Å². The van der Waals surface area contributed by atoms with Crippen LogP contribution < -0.4 is 5.32 Å². The van der Waals surface area contributed by atoms with Gasteiger partial charge in [-0.3, -0.25) is 9.59 Å². The Kier molecular flexibility index (Phi) is 6.11. The van der Waals surface area contributed by atoms with Crippen molar-refractivity contribution in [3.63, 3.8) is 0 Å². The van der Waals surface area contributed by atoms with Crippen molar-refractivity contribution in [2.75, 3.05) is 27.2 Å². The van der Waals surface area contributed by atoms with E-state index in [4.69, 9.17) is 0 Å². The van der Waals surface area contributed by atoms with Crippen LogP contribution in [-0.2, 0) is 19.8 Å². The Bertz CT molecular complexity index is 493. The van der Waals surface area contributed by atoms with Crippen molar-refractivity contribution in [2.24, 2.45) is 5.92 Å². The van der Waals surface area contributed by atoms with Gasteiger partial charge in [-0.15, -0.1) is 0 Å². The number of aliphatic carboxylic acids is 1. The fourth-order valence-corrected chi connectivity index (χ4v) is 4.06. The van der Waals surface area contributed by atoms with E-state index in [1.807, 2.05) is 0 Å². The second-order valence-electron chi connectivity index (χ2n) is 5.26. The van der Waals surface area contributed by atoms with Crippen molar-refractivity contribution in [3.05, 3.63) is 0 Å². The number of carboxylic acid groups (broad SMARTS) is 1. The summed E-state index contributed by atoms with van der Waals surface area (Å²) in [5.74, 6) is -1.90. The molecule has 1 heterocycles. The van der Waals surface area contributed by atoms with Gasteiger partial charge in [0.2, 0.25) is 5.91 Å². The van der Waals surface area contributed by atoms with E-state index in [9.17, 15) is 23.1 Å². The molecule has 0 saturated carbocycles. The number of nitrogens with zero attached hydrogens (tertiary/aromatic N) is 2. The SMILES string of the molecule is CNC(=O)C(C)CN(C)S(=O)(=O)N1CCCCC1C(=O)O. The molecule has 0 spiro atoms. The van der Waals surface area contributed by atoms with E-state index < -0.39 is 28.1 Å². The maximum atomic E-state index is 12.5. The van der Waals surface area contributed by atoms with Gasteiger partial charge in [-0.2, -0.15) is 17.0 Å². The molecule has 1 aliphatic heterocycles. The fourth-order valence-electron chi connectivity index (χ4n) is 2.42. The van der Waals surface area contributed by atoms with E-state index in [1.54, 1.807) is 6.92 Å². The Morgan fingerprint density at radius 2 is 2.05 bits per heavy atom. The van der Waals surface area contributed by atoms with E-state index >= 15 is 0 Å². The molecule has 2 N–H and O–H groups in total. The molecule has 1 saturated heterocycles. The number of hydrogen-bond donors (Lipinski definition) is 2. The summed E-state index contributed by atoms with van der Waals surface area (Å²) < 4.78 is 27.1. The van der Waals surface area contributed by atoms with E-state index in [1.165, 1.54) is 14.1 Å². The molecule has 1 rings (SSSR count). The Morgan fingerprint density at radius 3 is 2.57 bits per heavy atom. The minimum atomic E-state index is -3.89. The second-order valence-corrected chi connectivity index (χ2v) is 7.25. The number of rotatable bonds is 6. The molecular formula is C12H23N3O5S. The number of carbonyl (C=O) groups is 2. The van der Waals surface area contributed by atoms with Gasteiger partial charge in [0.1, 0.15) is 6.04 Å². The first-order valence-corrected chi connectivity index (χ1v) is 8.29. The van der Waals surface area contributed by atoms with E-state index in [-0.39, 0.29) is 19.0 Å². The average Bonchev–Trinajstić information content (AvgIpc) is 2.45. The third kappa shape index (κ3) is 4.14. The molecular weight excluding hydrogens is 298 g/mol. The minimum absolute atomic E-state index is 0.00481. The van der Waals surface area contributed by atoms with Crippen molar-refractivity contribution < 1.29 is 23.1 Å². The molecule has 0 aromatic rings. The molecule has 122 valence electrons. The highest BCUT2D eigenvalue weighted by atomic mass is 32.2. The highest BCUT2D eigenvalue weighted by Crippen LogP contribution is 2.22. The molecule has 0 radical (unpaired) electrons. The molecule has 0 aromatic heterocycles. The first-order chi connectivity index (χ1) is 9.71. The van der Waals surface area contributed by atoms with Crippen molar-refractivity contribution in [3.8, 4) is 0 Å². The van der Waals surface area contributed by atoms with Gasteiger partial charge >= 0.3 is 5.97 Å². The Labute approximate surface area is 125 Å². The normalized spacial score (nSPS) is 22.0. The quantitative estimate of drug-likeness (QED) is 0.685. The molecule has 2 unspecified atom stereocenters. The second kappa shape index (κ2) is 7.19. The standard InChI is InChI=1S/C12H23N3O5S/c1-9(11(16)13-2)8-14(3)21(19,20)15-7-5-4-6-10(15)12(17)18/h9-10H,4-8H2,1-3H3,(H,13,16)(H,17,18). The summed E-state index contributed by atoms with van der Waals surface area (Å²) in [4.78, 5) is 22.7. The molecule has 2 atom stereocenters. The molecule has 1 aliphatic rings. The summed E-state index contributed by atoms with van der Waals surface area (Å²) >= 11 is 0. The lowest BCUT2D eigenvalue weighted by atomic mass is 10.1. The predicted molar refractivity (Wildman–Crippen MR) is 76.8 cm³/mol. The van der Waals surface area contributed by atoms with E-state index in [2.05, 4.69) is 5.32 Å². The summed E-state index contributed by atoms with van der Waals surface area (Å²) in [6, 6.07) is -1.03.